The summed E-state index contributed by atoms with van der Waals surface area (Å²) in [5.74, 6) is -0.0857. The van der Waals surface area contributed by atoms with E-state index in [9.17, 15) is 9.18 Å². The highest BCUT2D eigenvalue weighted by atomic mass is 19.1. The normalized spacial score (nSPS) is 22.6. The highest BCUT2D eigenvalue weighted by molar-refractivity contribution is 5.78. The third-order valence-electron chi connectivity index (χ3n) is 3.56. The van der Waals surface area contributed by atoms with Crippen molar-refractivity contribution in [3.8, 4) is 5.75 Å². The van der Waals surface area contributed by atoms with Gasteiger partial charge in [-0.05, 0) is 30.5 Å². The highest BCUT2D eigenvalue weighted by Gasteiger charge is 2.34. The number of likely N-dealkylation sites (tertiary alicyclic amines) is 1. The zero-order valence-corrected chi connectivity index (χ0v) is 11.1. The largest absolute Gasteiger partial charge is 0.484 e. The Labute approximate surface area is 112 Å². The summed E-state index contributed by atoms with van der Waals surface area (Å²) in [6.07, 6.45) is 0.912. The molecule has 1 amide bonds. The third kappa shape index (κ3) is 3.44. The second-order valence-corrected chi connectivity index (χ2v) is 5.33. The molecule has 0 radical (unpaired) electrons. The number of hydrogen-bond donors (Lipinski definition) is 1. The van der Waals surface area contributed by atoms with Gasteiger partial charge in [-0.25, -0.2) is 4.39 Å². The van der Waals surface area contributed by atoms with E-state index in [1.807, 2.05) is 0 Å². The first-order valence-electron chi connectivity index (χ1n) is 6.39. The van der Waals surface area contributed by atoms with E-state index in [1.54, 1.807) is 17.0 Å². The van der Waals surface area contributed by atoms with Gasteiger partial charge >= 0.3 is 0 Å². The first-order chi connectivity index (χ1) is 9.02. The minimum absolute atomic E-state index is 0.00845. The fraction of sp³-hybridized carbons (Fsp3) is 0.500. The van der Waals surface area contributed by atoms with Gasteiger partial charge in [0.1, 0.15) is 11.6 Å². The molecule has 0 spiro atoms. The Kier molecular flexibility index (Phi) is 4.04. The van der Waals surface area contributed by atoms with Crippen molar-refractivity contribution in [3.05, 3.63) is 30.1 Å². The van der Waals surface area contributed by atoms with Crippen LogP contribution in [-0.4, -0.2) is 37.0 Å². The lowest BCUT2D eigenvalue weighted by molar-refractivity contribution is -0.132. The molecular formula is C14H19FN2O2. The lowest BCUT2D eigenvalue weighted by Gasteiger charge is -2.22. The maximum Gasteiger partial charge on any atom is 0.260 e. The van der Waals surface area contributed by atoms with Crippen LogP contribution in [0.15, 0.2) is 24.3 Å². The Morgan fingerprint density at radius 1 is 1.58 bits per heavy atom. The number of ether oxygens (including phenoxy) is 1. The molecule has 1 aromatic rings. The number of rotatable bonds is 4. The van der Waals surface area contributed by atoms with Crippen LogP contribution in [0.4, 0.5) is 4.39 Å². The number of amides is 1. The van der Waals surface area contributed by atoms with Crippen molar-refractivity contribution in [2.45, 2.75) is 13.3 Å². The van der Waals surface area contributed by atoms with Crippen molar-refractivity contribution < 1.29 is 13.9 Å². The summed E-state index contributed by atoms with van der Waals surface area (Å²) in [4.78, 5) is 13.7. The monoisotopic (exact) mass is 266 g/mol. The third-order valence-corrected chi connectivity index (χ3v) is 3.56. The fourth-order valence-corrected chi connectivity index (χ4v) is 2.20. The zero-order valence-electron chi connectivity index (χ0n) is 11.1. The molecule has 1 aliphatic rings. The van der Waals surface area contributed by atoms with Gasteiger partial charge in [0.25, 0.3) is 5.91 Å². The van der Waals surface area contributed by atoms with Crippen molar-refractivity contribution in [1.29, 1.82) is 0 Å². The second-order valence-electron chi connectivity index (χ2n) is 5.33. The average molecular weight is 266 g/mol. The Bertz CT molecular complexity index is 467. The van der Waals surface area contributed by atoms with Crippen LogP contribution in [0.2, 0.25) is 0 Å². The molecule has 1 atom stereocenters. The first kappa shape index (κ1) is 13.8. The van der Waals surface area contributed by atoms with E-state index in [0.29, 0.717) is 25.4 Å². The molecule has 0 aromatic heterocycles. The van der Waals surface area contributed by atoms with Crippen LogP contribution in [0.3, 0.4) is 0 Å². The predicted molar refractivity (Wildman–Crippen MR) is 70.3 cm³/mol. The molecule has 1 fully saturated rings. The van der Waals surface area contributed by atoms with Crippen LogP contribution < -0.4 is 10.5 Å². The van der Waals surface area contributed by atoms with E-state index in [-0.39, 0.29) is 23.7 Å². The van der Waals surface area contributed by atoms with Gasteiger partial charge in [-0.2, -0.15) is 0 Å². The minimum Gasteiger partial charge on any atom is -0.484 e. The van der Waals surface area contributed by atoms with Crippen molar-refractivity contribution in [3.63, 3.8) is 0 Å². The Hall–Kier alpha value is -1.62. The Morgan fingerprint density at radius 3 is 3.00 bits per heavy atom. The molecule has 2 rings (SSSR count). The highest BCUT2D eigenvalue weighted by Crippen LogP contribution is 2.28. The van der Waals surface area contributed by atoms with Crippen molar-refractivity contribution in [2.75, 3.05) is 26.2 Å². The summed E-state index contributed by atoms with van der Waals surface area (Å²) in [5, 5.41) is 0. The molecule has 5 heteroatoms. The predicted octanol–water partition coefficient (Wildman–Crippen LogP) is 1.40. The lowest BCUT2D eigenvalue weighted by Crippen LogP contribution is -2.36. The van der Waals surface area contributed by atoms with Crippen LogP contribution in [0.25, 0.3) is 0 Å². The number of benzene rings is 1. The molecule has 0 aliphatic carbocycles. The SMILES string of the molecule is CC1(CN)CCN(C(=O)COc2cccc(F)c2)C1. The molecule has 1 saturated heterocycles. The van der Waals surface area contributed by atoms with Gasteiger partial charge < -0.3 is 15.4 Å². The van der Waals surface area contributed by atoms with Gasteiger partial charge in [-0.1, -0.05) is 13.0 Å². The summed E-state index contributed by atoms with van der Waals surface area (Å²) >= 11 is 0. The van der Waals surface area contributed by atoms with Crippen molar-refractivity contribution in [1.82, 2.24) is 4.90 Å². The number of halogens is 1. The molecule has 19 heavy (non-hydrogen) atoms. The quantitative estimate of drug-likeness (QED) is 0.896. The van der Waals surface area contributed by atoms with Gasteiger partial charge in [0, 0.05) is 19.2 Å². The molecule has 1 unspecified atom stereocenters. The maximum absolute atomic E-state index is 13.0. The van der Waals surface area contributed by atoms with Crippen LogP contribution in [0, 0.1) is 11.2 Å². The maximum atomic E-state index is 13.0. The smallest absolute Gasteiger partial charge is 0.260 e. The number of carbonyl (C=O) groups is 1. The van der Waals surface area contributed by atoms with Gasteiger partial charge in [-0.15, -0.1) is 0 Å². The second kappa shape index (κ2) is 5.57. The van der Waals surface area contributed by atoms with E-state index in [0.717, 1.165) is 6.42 Å². The standard InChI is InChI=1S/C14H19FN2O2/c1-14(9-16)5-6-17(10-14)13(18)8-19-12-4-2-3-11(15)7-12/h2-4,7H,5-6,8-10,16H2,1H3. The first-order valence-corrected chi connectivity index (χ1v) is 6.39. The number of hydrogen-bond acceptors (Lipinski definition) is 3. The van der Waals surface area contributed by atoms with Gasteiger partial charge in [0.05, 0.1) is 0 Å². The summed E-state index contributed by atoms with van der Waals surface area (Å²) in [5.41, 5.74) is 5.71. The van der Waals surface area contributed by atoms with Gasteiger partial charge in [-0.3, -0.25) is 4.79 Å². The van der Waals surface area contributed by atoms with E-state index in [2.05, 4.69) is 6.92 Å². The average Bonchev–Trinajstić information content (AvgIpc) is 2.80. The molecule has 1 aliphatic heterocycles. The van der Waals surface area contributed by atoms with Crippen LogP contribution in [-0.2, 0) is 4.79 Å². The molecule has 0 saturated carbocycles. The van der Waals surface area contributed by atoms with E-state index in [4.69, 9.17) is 10.5 Å². The molecule has 104 valence electrons. The number of carbonyl (C=O) groups excluding carboxylic acids is 1. The van der Waals surface area contributed by atoms with Crippen molar-refractivity contribution in [2.24, 2.45) is 11.1 Å². The summed E-state index contributed by atoms with van der Waals surface area (Å²) < 4.78 is 18.3. The summed E-state index contributed by atoms with van der Waals surface area (Å²) in [7, 11) is 0. The lowest BCUT2D eigenvalue weighted by atomic mass is 9.90. The number of nitrogens with zero attached hydrogens (tertiary/aromatic N) is 1. The summed E-state index contributed by atoms with van der Waals surface area (Å²) in [6.45, 7) is 3.95. The zero-order chi connectivity index (χ0) is 13.9. The van der Waals surface area contributed by atoms with E-state index in [1.165, 1.54) is 12.1 Å². The molecule has 4 nitrogen and oxygen atoms in total. The molecular weight excluding hydrogens is 247 g/mol. The van der Waals surface area contributed by atoms with Gasteiger partial charge in [0.2, 0.25) is 0 Å². The number of nitrogens with two attached hydrogens (primary N) is 1. The molecule has 2 N–H and O–H groups in total. The Morgan fingerprint density at radius 2 is 2.37 bits per heavy atom. The van der Waals surface area contributed by atoms with E-state index >= 15 is 0 Å². The molecule has 1 aromatic carbocycles. The minimum atomic E-state index is -0.373. The molecule has 0 bridgehead atoms. The van der Waals surface area contributed by atoms with Gasteiger partial charge in [0.15, 0.2) is 6.61 Å². The van der Waals surface area contributed by atoms with Crippen LogP contribution in [0.5, 0.6) is 5.75 Å². The van der Waals surface area contributed by atoms with E-state index < -0.39 is 0 Å². The fourth-order valence-electron chi connectivity index (χ4n) is 2.20. The van der Waals surface area contributed by atoms with Crippen LogP contribution in [0.1, 0.15) is 13.3 Å². The van der Waals surface area contributed by atoms with Crippen LogP contribution >= 0.6 is 0 Å². The van der Waals surface area contributed by atoms with Crippen molar-refractivity contribution >= 4 is 5.91 Å². The molecule has 1 heterocycles. The summed E-state index contributed by atoms with van der Waals surface area (Å²) in [6, 6.07) is 5.78. The topological polar surface area (TPSA) is 55.6 Å². The Balaban J connectivity index is 1.86.